The minimum Gasteiger partial charge on any atom is -0.457 e. The average molecular weight is 432 g/mol. The lowest BCUT2D eigenvalue weighted by atomic mass is 9.95. The van der Waals surface area contributed by atoms with Crippen molar-refractivity contribution in [1.82, 2.24) is 10.6 Å². The molecule has 4 rings (SSSR count). The quantitative estimate of drug-likeness (QED) is 0.519. The molecule has 0 radical (unpaired) electrons. The van der Waals surface area contributed by atoms with Crippen LogP contribution in [0, 0.1) is 5.82 Å². The molecule has 1 saturated carbocycles. The maximum atomic E-state index is 13.2. The summed E-state index contributed by atoms with van der Waals surface area (Å²) in [4.78, 5) is 25.7. The normalized spacial score (nSPS) is 14.7. The van der Waals surface area contributed by atoms with E-state index in [4.69, 9.17) is 4.42 Å². The first kappa shape index (κ1) is 21.6. The number of benzene rings is 2. The summed E-state index contributed by atoms with van der Waals surface area (Å²) in [7, 11) is 0. The van der Waals surface area contributed by atoms with Gasteiger partial charge in [-0.25, -0.2) is 4.39 Å². The van der Waals surface area contributed by atoms with Crippen molar-refractivity contribution in [3.63, 3.8) is 0 Å². The summed E-state index contributed by atoms with van der Waals surface area (Å²) in [6.45, 7) is 0. The standard InChI is InChI=1S/C26H25FN2O3/c27-20-13-11-18(12-14-20)24-16-15-22(32-24)17-23(26(31)28-21-9-5-2-6-10-21)29-25(30)19-7-3-1-4-8-19/h1,3-4,7-8,11-17,21H,2,5-6,9-10H2,(H,28,31)(H,29,30). The van der Waals surface area contributed by atoms with E-state index in [1.165, 1.54) is 24.6 Å². The topological polar surface area (TPSA) is 71.3 Å². The van der Waals surface area contributed by atoms with Gasteiger partial charge in [0.1, 0.15) is 23.0 Å². The van der Waals surface area contributed by atoms with Crippen molar-refractivity contribution in [3.8, 4) is 11.3 Å². The van der Waals surface area contributed by atoms with Gasteiger partial charge in [0.2, 0.25) is 0 Å². The number of carbonyl (C=O) groups is 2. The second-order valence-corrected chi connectivity index (χ2v) is 7.90. The summed E-state index contributed by atoms with van der Waals surface area (Å²) >= 11 is 0. The third kappa shape index (κ3) is 5.52. The summed E-state index contributed by atoms with van der Waals surface area (Å²) in [5, 5.41) is 5.76. The molecule has 0 bridgehead atoms. The lowest BCUT2D eigenvalue weighted by Crippen LogP contribution is -2.41. The molecule has 32 heavy (non-hydrogen) atoms. The smallest absolute Gasteiger partial charge is 0.268 e. The van der Waals surface area contributed by atoms with Crippen molar-refractivity contribution in [3.05, 3.63) is 89.6 Å². The van der Waals surface area contributed by atoms with E-state index in [0.717, 1.165) is 25.7 Å². The lowest BCUT2D eigenvalue weighted by Gasteiger charge is -2.23. The van der Waals surface area contributed by atoms with Crippen molar-refractivity contribution in [2.45, 2.75) is 38.1 Å². The molecule has 0 unspecified atom stereocenters. The fraction of sp³-hybridized carbons (Fsp3) is 0.231. The summed E-state index contributed by atoms with van der Waals surface area (Å²) in [5.74, 6) is -0.100. The van der Waals surface area contributed by atoms with E-state index in [0.29, 0.717) is 22.6 Å². The number of nitrogens with one attached hydrogen (secondary N) is 2. The van der Waals surface area contributed by atoms with Gasteiger partial charge < -0.3 is 15.1 Å². The molecule has 0 saturated heterocycles. The molecule has 0 spiro atoms. The molecule has 0 atom stereocenters. The molecule has 1 aromatic heterocycles. The highest BCUT2D eigenvalue weighted by molar-refractivity contribution is 6.05. The van der Waals surface area contributed by atoms with Crippen molar-refractivity contribution in [2.75, 3.05) is 0 Å². The second kappa shape index (κ2) is 10.1. The van der Waals surface area contributed by atoms with E-state index in [9.17, 15) is 14.0 Å². The molecule has 1 fully saturated rings. The number of amides is 2. The van der Waals surface area contributed by atoms with Crippen molar-refractivity contribution >= 4 is 17.9 Å². The number of halogens is 1. The zero-order valence-electron chi connectivity index (χ0n) is 17.6. The van der Waals surface area contributed by atoms with Crippen LogP contribution in [0.3, 0.4) is 0 Å². The van der Waals surface area contributed by atoms with Crippen molar-refractivity contribution < 1.29 is 18.4 Å². The number of rotatable bonds is 6. The molecule has 1 aliphatic rings. The molecule has 2 aromatic carbocycles. The number of hydrogen-bond acceptors (Lipinski definition) is 3. The Balaban J connectivity index is 1.57. The minimum absolute atomic E-state index is 0.0969. The molecule has 6 heteroatoms. The summed E-state index contributed by atoms with van der Waals surface area (Å²) in [5.41, 5.74) is 1.28. The Morgan fingerprint density at radius 2 is 1.62 bits per heavy atom. The van der Waals surface area contributed by atoms with Crippen LogP contribution in [0.4, 0.5) is 4.39 Å². The van der Waals surface area contributed by atoms with Gasteiger partial charge in [0.05, 0.1) is 0 Å². The Kier molecular flexibility index (Phi) is 6.80. The molecule has 0 aliphatic heterocycles. The summed E-state index contributed by atoms with van der Waals surface area (Å²) < 4.78 is 19.0. The van der Waals surface area contributed by atoms with Gasteiger partial charge in [-0.05, 0) is 61.4 Å². The van der Waals surface area contributed by atoms with Crippen LogP contribution in [0.5, 0.6) is 0 Å². The van der Waals surface area contributed by atoms with Gasteiger partial charge in [-0.3, -0.25) is 9.59 Å². The van der Waals surface area contributed by atoms with Crippen LogP contribution in [0.25, 0.3) is 17.4 Å². The Morgan fingerprint density at radius 3 is 2.34 bits per heavy atom. The fourth-order valence-corrected chi connectivity index (χ4v) is 3.79. The maximum Gasteiger partial charge on any atom is 0.268 e. The van der Waals surface area contributed by atoms with Gasteiger partial charge >= 0.3 is 0 Å². The van der Waals surface area contributed by atoms with E-state index in [1.54, 1.807) is 48.5 Å². The van der Waals surface area contributed by atoms with Gasteiger partial charge in [0.15, 0.2) is 0 Å². The van der Waals surface area contributed by atoms with Crippen LogP contribution in [0.1, 0.15) is 48.2 Å². The Bertz CT molecular complexity index is 1100. The van der Waals surface area contributed by atoms with E-state index in [-0.39, 0.29) is 29.4 Å². The van der Waals surface area contributed by atoms with Crippen LogP contribution in [0.15, 0.2) is 76.8 Å². The number of hydrogen-bond donors (Lipinski definition) is 2. The third-order valence-electron chi connectivity index (χ3n) is 5.51. The van der Waals surface area contributed by atoms with E-state index in [2.05, 4.69) is 10.6 Å². The predicted molar refractivity (Wildman–Crippen MR) is 121 cm³/mol. The van der Waals surface area contributed by atoms with Crippen LogP contribution in [-0.2, 0) is 4.79 Å². The zero-order chi connectivity index (χ0) is 22.3. The van der Waals surface area contributed by atoms with Crippen LogP contribution >= 0.6 is 0 Å². The Morgan fingerprint density at radius 1 is 0.906 bits per heavy atom. The molecule has 1 aliphatic carbocycles. The van der Waals surface area contributed by atoms with Gasteiger partial charge in [0, 0.05) is 23.2 Å². The zero-order valence-corrected chi connectivity index (χ0v) is 17.6. The van der Waals surface area contributed by atoms with Crippen LogP contribution in [-0.4, -0.2) is 17.9 Å². The van der Waals surface area contributed by atoms with Gasteiger partial charge in [0.25, 0.3) is 11.8 Å². The number of furan rings is 1. The number of carbonyl (C=O) groups excluding carboxylic acids is 2. The fourth-order valence-electron chi connectivity index (χ4n) is 3.79. The third-order valence-corrected chi connectivity index (χ3v) is 5.51. The molecule has 164 valence electrons. The molecule has 5 nitrogen and oxygen atoms in total. The maximum absolute atomic E-state index is 13.2. The van der Waals surface area contributed by atoms with E-state index < -0.39 is 0 Å². The molecule has 1 heterocycles. The monoisotopic (exact) mass is 432 g/mol. The first-order chi connectivity index (χ1) is 15.6. The predicted octanol–water partition coefficient (Wildman–Crippen LogP) is 5.31. The summed E-state index contributed by atoms with van der Waals surface area (Å²) in [6.07, 6.45) is 6.73. The SMILES string of the molecule is O=C(NC1CCCCC1)C(=Cc1ccc(-c2ccc(F)cc2)o1)NC(=O)c1ccccc1. The van der Waals surface area contributed by atoms with E-state index in [1.807, 2.05) is 6.07 Å². The first-order valence-corrected chi connectivity index (χ1v) is 10.8. The van der Waals surface area contributed by atoms with Gasteiger partial charge in [-0.1, -0.05) is 37.5 Å². The van der Waals surface area contributed by atoms with Gasteiger partial charge in [-0.2, -0.15) is 0 Å². The highest BCUT2D eigenvalue weighted by Crippen LogP contribution is 2.24. The molecular formula is C26H25FN2O3. The minimum atomic E-state index is -0.374. The molecule has 2 amide bonds. The van der Waals surface area contributed by atoms with E-state index >= 15 is 0 Å². The lowest BCUT2D eigenvalue weighted by molar-refractivity contribution is -0.118. The highest BCUT2D eigenvalue weighted by Gasteiger charge is 2.20. The first-order valence-electron chi connectivity index (χ1n) is 10.8. The summed E-state index contributed by atoms with van der Waals surface area (Å²) in [6, 6.07) is 18.2. The molecular weight excluding hydrogens is 407 g/mol. The van der Waals surface area contributed by atoms with Crippen molar-refractivity contribution in [2.24, 2.45) is 0 Å². The Hall–Kier alpha value is -3.67. The van der Waals surface area contributed by atoms with Crippen LogP contribution in [0.2, 0.25) is 0 Å². The second-order valence-electron chi connectivity index (χ2n) is 7.90. The van der Waals surface area contributed by atoms with Crippen LogP contribution < -0.4 is 10.6 Å². The van der Waals surface area contributed by atoms with Gasteiger partial charge in [-0.15, -0.1) is 0 Å². The Labute approximate surface area is 186 Å². The largest absolute Gasteiger partial charge is 0.457 e. The molecule has 3 aromatic rings. The highest BCUT2D eigenvalue weighted by atomic mass is 19.1. The average Bonchev–Trinajstić information content (AvgIpc) is 3.29. The molecule has 2 N–H and O–H groups in total. The van der Waals surface area contributed by atoms with Crippen molar-refractivity contribution in [1.29, 1.82) is 0 Å².